The predicted octanol–water partition coefficient (Wildman–Crippen LogP) is 3.51. The summed E-state index contributed by atoms with van der Waals surface area (Å²) in [6.07, 6.45) is 0. The van der Waals surface area contributed by atoms with Gasteiger partial charge in [0.15, 0.2) is 11.5 Å². The van der Waals surface area contributed by atoms with Crippen LogP contribution in [0.2, 0.25) is 5.02 Å². The summed E-state index contributed by atoms with van der Waals surface area (Å²) < 4.78 is 16.3. The molecule has 0 aliphatic heterocycles. The monoisotopic (exact) mass is 315 g/mol. The number of methoxy groups -OCH3 is 1. The van der Waals surface area contributed by atoms with Crippen molar-refractivity contribution < 1.29 is 14.2 Å². The van der Waals surface area contributed by atoms with Gasteiger partial charge in [-0.05, 0) is 37.1 Å². The molecule has 4 nitrogen and oxygen atoms in total. The van der Waals surface area contributed by atoms with Crippen LogP contribution < -0.4 is 14.8 Å². The number of hydrogen-bond acceptors (Lipinski definition) is 4. The fourth-order valence-electron chi connectivity index (χ4n) is 1.87. The molecule has 0 unspecified atom stereocenters. The van der Waals surface area contributed by atoms with Gasteiger partial charge in [0.1, 0.15) is 6.61 Å². The Kier molecular flexibility index (Phi) is 8.50. The van der Waals surface area contributed by atoms with Crippen LogP contribution in [0.15, 0.2) is 12.1 Å². The molecule has 0 amide bonds. The number of ether oxygens (including phenoxy) is 3. The van der Waals surface area contributed by atoms with E-state index in [4.69, 9.17) is 25.8 Å². The van der Waals surface area contributed by atoms with Crippen molar-refractivity contribution in [1.29, 1.82) is 0 Å². The molecule has 5 heteroatoms. The summed E-state index contributed by atoms with van der Waals surface area (Å²) in [7, 11) is 1.62. The minimum atomic E-state index is 0.453. The number of benzene rings is 1. The standard InChI is InChI=1S/C16H26ClNO3/c1-5-20-6-7-21-16-14(17)8-13(9-15(16)19-4)11-18-10-12(2)3/h8-9,12,18H,5-7,10-11H2,1-4H3. The van der Waals surface area contributed by atoms with Crippen LogP contribution in [0, 0.1) is 5.92 Å². The van der Waals surface area contributed by atoms with Gasteiger partial charge in [-0.3, -0.25) is 0 Å². The topological polar surface area (TPSA) is 39.7 Å². The van der Waals surface area contributed by atoms with E-state index in [2.05, 4.69) is 19.2 Å². The number of nitrogens with one attached hydrogen (secondary N) is 1. The average Bonchev–Trinajstić information content (AvgIpc) is 2.44. The van der Waals surface area contributed by atoms with Crippen LogP contribution >= 0.6 is 11.6 Å². The molecule has 0 radical (unpaired) electrons. The molecule has 0 atom stereocenters. The van der Waals surface area contributed by atoms with E-state index < -0.39 is 0 Å². The molecule has 1 aromatic carbocycles. The fraction of sp³-hybridized carbons (Fsp3) is 0.625. The zero-order valence-electron chi connectivity index (χ0n) is 13.4. The minimum absolute atomic E-state index is 0.453. The maximum absolute atomic E-state index is 6.29. The second kappa shape index (κ2) is 9.87. The van der Waals surface area contributed by atoms with Crippen LogP contribution in [0.5, 0.6) is 11.5 Å². The van der Waals surface area contributed by atoms with Crippen molar-refractivity contribution in [3.05, 3.63) is 22.7 Å². The lowest BCUT2D eigenvalue weighted by atomic mass is 10.1. The van der Waals surface area contributed by atoms with Gasteiger partial charge in [0.05, 0.1) is 18.7 Å². The van der Waals surface area contributed by atoms with Crippen molar-refractivity contribution in [3.63, 3.8) is 0 Å². The van der Waals surface area contributed by atoms with Crippen LogP contribution in [0.1, 0.15) is 26.3 Å². The summed E-state index contributed by atoms with van der Waals surface area (Å²) in [5.74, 6) is 1.84. The highest BCUT2D eigenvalue weighted by Gasteiger charge is 2.12. The lowest BCUT2D eigenvalue weighted by molar-refractivity contribution is 0.109. The Morgan fingerprint density at radius 2 is 2.00 bits per heavy atom. The zero-order valence-corrected chi connectivity index (χ0v) is 14.1. The molecule has 0 heterocycles. The average molecular weight is 316 g/mol. The zero-order chi connectivity index (χ0) is 15.7. The van der Waals surface area contributed by atoms with Crippen LogP contribution in [-0.4, -0.2) is 33.5 Å². The first-order chi connectivity index (χ1) is 10.1. The Morgan fingerprint density at radius 1 is 1.24 bits per heavy atom. The third kappa shape index (κ3) is 6.55. The van der Waals surface area contributed by atoms with Crippen molar-refractivity contribution in [2.45, 2.75) is 27.3 Å². The molecule has 1 N–H and O–H groups in total. The molecule has 0 aliphatic carbocycles. The SMILES string of the molecule is CCOCCOc1c(Cl)cc(CNCC(C)C)cc1OC. The van der Waals surface area contributed by atoms with Gasteiger partial charge >= 0.3 is 0 Å². The lowest BCUT2D eigenvalue weighted by Crippen LogP contribution is -2.19. The maximum Gasteiger partial charge on any atom is 0.179 e. The summed E-state index contributed by atoms with van der Waals surface area (Å²) in [5, 5.41) is 3.95. The largest absolute Gasteiger partial charge is 0.493 e. The van der Waals surface area contributed by atoms with Crippen molar-refractivity contribution in [2.24, 2.45) is 5.92 Å². The number of halogens is 1. The Morgan fingerprint density at radius 3 is 2.62 bits per heavy atom. The summed E-state index contributed by atoms with van der Waals surface area (Å²) in [4.78, 5) is 0. The Labute approximate surface area is 132 Å². The van der Waals surface area contributed by atoms with Crippen molar-refractivity contribution in [2.75, 3.05) is 33.5 Å². The first-order valence-electron chi connectivity index (χ1n) is 7.36. The first kappa shape index (κ1) is 18.1. The smallest absolute Gasteiger partial charge is 0.179 e. The number of hydrogen-bond donors (Lipinski definition) is 1. The Bertz CT molecular complexity index is 424. The van der Waals surface area contributed by atoms with Crippen LogP contribution in [0.4, 0.5) is 0 Å². The van der Waals surface area contributed by atoms with E-state index in [0.717, 1.165) is 18.7 Å². The molecule has 21 heavy (non-hydrogen) atoms. The molecular formula is C16H26ClNO3. The molecule has 0 spiro atoms. The van der Waals surface area contributed by atoms with Crippen LogP contribution in [0.3, 0.4) is 0 Å². The van der Waals surface area contributed by atoms with Gasteiger partial charge in [0, 0.05) is 13.2 Å². The van der Waals surface area contributed by atoms with E-state index in [0.29, 0.717) is 42.3 Å². The highest BCUT2D eigenvalue weighted by atomic mass is 35.5. The van der Waals surface area contributed by atoms with Gasteiger partial charge in [-0.2, -0.15) is 0 Å². The molecule has 0 aliphatic rings. The second-order valence-corrected chi connectivity index (χ2v) is 5.59. The molecule has 0 saturated heterocycles. The van der Waals surface area contributed by atoms with E-state index >= 15 is 0 Å². The van der Waals surface area contributed by atoms with E-state index in [1.54, 1.807) is 7.11 Å². The predicted molar refractivity (Wildman–Crippen MR) is 86.5 cm³/mol. The summed E-state index contributed by atoms with van der Waals surface area (Å²) >= 11 is 6.29. The quantitative estimate of drug-likeness (QED) is 0.671. The molecule has 0 aromatic heterocycles. The minimum Gasteiger partial charge on any atom is -0.493 e. The summed E-state index contributed by atoms with van der Waals surface area (Å²) in [6, 6.07) is 3.86. The normalized spacial score (nSPS) is 11.0. The molecule has 0 bridgehead atoms. The van der Waals surface area contributed by atoms with Crippen molar-refractivity contribution >= 4 is 11.6 Å². The molecule has 120 valence electrons. The van der Waals surface area contributed by atoms with Crippen molar-refractivity contribution in [3.8, 4) is 11.5 Å². The van der Waals surface area contributed by atoms with E-state index in [-0.39, 0.29) is 0 Å². The maximum atomic E-state index is 6.29. The summed E-state index contributed by atoms with van der Waals surface area (Å²) in [5.41, 5.74) is 1.08. The van der Waals surface area contributed by atoms with E-state index in [1.165, 1.54) is 0 Å². The van der Waals surface area contributed by atoms with Gasteiger partial charge in [-0.15, -0.1) is 0 Å². The molecule has 0 fully saturated rings. The van der Waals surface area contributed by atoms with Crippen LogP contribution in [0.25, 0.3) is 0 Å². The number of rotatable bonds is 10. The molecule has 1 rings (SSSR count). The van der Waals surface area contributed by atoms with Gasteiger partial charge < -0.3 is 19.5 Å². The Hall–Kier alpha value is -0.970. The Balaban J connectivity index is 2.67. The highest BCUT2D eigenvalue weighted by Crippen LogP contribution is 2.36. The second-order valence-electron chi connectivity index (χ2n) is 5.18. The van der Waals surface area contributed by atoms with Gasteiger partial charge in [-0.1, -0.05) is 25.4 Å². The molecule has 1 aromatic rings. The van der Waals surface area contributed by atoms with Crippen molar-refractivity contribution in [1.82, 2.24) is 5.32 Å². The van der Waals surface area contributed by atoms with E-state index in [1.807, 2.05) is 19.1 Å². The first-order valence-corrected chi connectivity index (χ1v) is 7.73. The lowest BCUT2D eigenvalue weighted by Gasteiger charge is -2.15. The van der Waals surface area contributed by atoms with Crippen LogP contribution in [-0.2, 0) is 11.3 Å². The third-order valence-corrected chi connectivity index (χ3v) is 3.13. The highest BCUT2D eigenvalue weighted by molar-refractivity contribution is 6.32. The fourth-order valence-corrected chi connectivity index (χ4v) is 2.16. The third-order valence-electron chi connectivity index (χ3n) is 2.85. The van der Waals surface area contributed by atoms with E-state index in [9.17, 15) is 0 Å². The van der Waals surface area contributed by atoms with Gasteiger partial charge in [0.25, 0.3) is 0 Å². The van der Waals surface area contributed by atoms with Gasteiger partial charge in [-0.25, -0.2) is 0 Å². The summed E-state index contributed by atoms with van der Waals surface area (Å²) in [6.45, 7) is 9.69. The molecule has 0 saturated carbocycles. The molecular weight excluding hydrogens is 290 g/mol. The van der Waals surface area contributed by atoms with Gasteiger partial charge in [0.2, 0.25) is 0 Å².